The number of methoxy groups -OCH3 is 1. The zero-order valence-electron chi connectivity index (χ0n) is 21.7. The summed E-state index contributed by atoms with van der Waals surface area (Å²) >= 11 is 6.53. The van der Waals surface area contributed by atoms with Crippen molar-refractivity contribution in [2.24, 2.45) is 0 Å². The van der Waals surface area contributed by atoms with E-state index in [4.69, 9.17) is 9.47 Å². The van der Waals surface area contributed by atoms with Crippen molar-refractivity contribution in [2.45, 2.75) is 34.7 Å². The van der Waals surface area contributed by atoms with Crippen molar-refractivity contribution in [1.82, 2.24) is 10.2 Å². The quantitative estimate of drug-likeness (QED) is 0.184. The lowest BCUT2D eigenvalue weighted by Gasteiger charge is -2.49. The second-order valence-corrected chi connectivity index (χ2v) is 12.0. The number of thioether (sulfide) groups is 2. The fourth-order valence-electron chi connectivity index (χ4n) is 4.45. The number of nitrogens with one attached hydrogen (secondary N) is 1. The van der Waals surface area contributed by atoms with Gasteiger partial charge in [-0.05, 0) is 34.9 Å². The molecule has 3 aromatic carbocycles. The highest BCUT2D eigenvalue weighted by molar-refractivity contribution is 9.08. The SMILES string of the molecule is COc1ccc(COC(=O)C2=C(Sc3ccccc3CBr)CS[C@H]3[C@H](NC(=O)Cc4ccccc4)C(=O)N23)cc1. The molecule has 3 aromatic rings. The molecular weight excluding hydrogens is 612 g/mol. The van der Waals surface area contributed by atoms with Crippen LogP contribution in [0.25, 0.3) is 0 Å². The number of carbonyl (C=O) groups is 3. The molecule has 7 nitrogen and oxygen atoms in total. The van der Waals surface area contributed by atoms with Gasteiger partial charge in [-0.25, -0.2) is 4.79 Å². The first kappa shape index (κ1) is 28.3. The molecule has 0 aliphatic carbocycles. The average Bonchev–Trinajstić information content (AvgIpc) is 2.99. The van der Waals surface area contributed by atoms with E-state index in [-0.39, 0.29) is 35.9 Å². The van der Waals surface area contributed by atoms with Gasteiger partial charge in [0.25, 0.3) is 5.91 Å². The minimum Gasteiger partial charge on any atom is -0.497 e. The van der Waals surface area contributed by atoms with E-state index in [2.05, 4.69) is 21.2 Å². The third-order valence-corrected chi connectivity index (χ3v) is 9.80. The summed E-state index contributed by atoms with van der Waals surface area (Å²) in [5, 5.41) is 3.15. The summed E-state index contributed by atoms with van der Waals surface area (Å²) in [6.07, 6.45) is 0.180. The lowest BCUT2D eigenvalue weighted by atomic mass is 10.0. The van der Waals surface area contributed by atoms with Crippen molar-refractivity contribution in [1.29, 1.82) is 0 Å². The minimum atomic E-state index is -0.702. The maximum Gasteiger partial charge on any atom is 0.356 e. The van der Waals surface area contributed by atoms with Crippen LogP contribution in [0.15, 0.2) is 94.4 Å². The molecule has 1 saturated heterocycles. The number of rotatable bonds is 10. The van der Waals surface area contributed by atoms with Gasteiger partial charge in [0, 0.05) is 20.9 Å². The van der Waals surface area contributed by atoms with Crippen LogP contribution in [0.5, 0.6) is 5.75 Å². The van der Waals surface area contributed by atoms with E-state index in [1.54, 1.807) is 19.2 Å². The average molecular weight is 640 g/mol. The fraction of sp³-hybridized carbons (Fsp3) is 0.233. The number of esters is 1. The summed E-state index contributed by atoms with van der Waals surface area (Å²) in [6.45, 7) is 0.0549. The van der Waals surface area contributed by atoms with Crippen LogP contribution < -0.4 is 10.1 Å². The van der Waals surface area contributed by atoms with Crippen molar-refractivity contribution in [2.75, 3.05) is 12.9 Å². The van der Waals surface area contributed by atoms with Crippen molar-refractivity contribution < 1.29 is 23.9 Å². The van der Waals surface area contributed by atoms with Crippen molar-refractivity contribution in [3.63, 3.8) is 0 Å². The van der Waals surface area contributed by atoms with Gasteiger partial charge in [0.15, 0.2) is 0 Å². The van der Waals surface area contributed by atoms with Crippen molar-refractivity contribution >= 4 is 57.2 Å². The third kappa shape index (κ3) is 6.24. The number of nitrogens with zero attached hydrogens (tertiary/aromatic N) is 1. The van der Waals surface area contributed by atoms with E-state index in [0.29, 0.717) is 16.8 Å². The topological polar surface area (TPSA) is 84.9 Å². The molecule has 2 aliphatic heterocycles. The lowest BCUT2D eigenvalue weighted by molar-refractivity contribution is -0.153. The molecule has 0 aromatic heterocycles. The van der Waals surface area contributed by atoms with Crippen LogP contribution in [0, 0.1) is 0 Å². The highest BCUT2D eigenvalue weighted by Gasteiger charge is 2.54. The molecule has 2 atom stereocenters. The molecule has 0 radical (unpaired) electrons. The standard InChI is InChI=1S/C30H27BrN2O5S2/c1-37-22-13-11-20(12-14-22)17-38-30(36)27-24(40-23-10-6-5-9-21(23)16-31)18-39-29-26(28(35)33(27)29)32-25(34)15-19-7-3-2-4-8-19/h2-14,26,29H,15-18H2,1H3,(H,32,34)/t26-,29+/m1/s1. The molecule has 5 rings (SSSR count). The monoisotopic (exact) mass is 638 g/mol. The number of hydrogen-bond donors (Lipinski definition) is 1. The third-order valence-electron chi connectivity index (χ3n) is 6.53. The zero-order chi connectivity index (χ0) is 28.1. The van der Waals surface area contributed by atoms with Crippen molar-refractivity contribution in [3.8, 4) is 5.75 Å². The Balaban J connectivity index is 1.36. The number of hydrogen-bond acceptors (Lipinski definition) is 7. The van der Waals surface area contributed by atoms with Gasteiger partial charge in [-0.1, -0.05) is 88.4 Å². The summed E-state index contributed by atoms with van der Waals surface area (Å²) < 4.78 is 10.9. The summed E-state index contributed by atoms with van der Waals surface area (Å²) in [6, 6.07) is 23.9. The van der Waals surface area contributed by atoms with Gasteiger partial charge in [0.1, 0.15) is 29.5 Å². The molecular formula is C30H27BrN2O5S2. The first-order valence-corrected chi connectivity index (χ1v) is 15.6. The van der Waals surface area contributed by atoms with E-state index in [0.717, 1.165) is 26.5 Å². The molecule has 10 heteroatoms. The van der Waals surface area contributed by atoms with E-state index in [1.807, 2.05) is 66.7 Å². The van der Waals surface area contributed by atoms with E-state index in [9.17, 15) is 14.4 Å². The maximum absolute atomic E-state index is 13.5. The number of fused-ring (bicyclic) bond motifs is 1. The highest BCUT2D eigenvalue weighted by Crippen LogP contribution is 2.46. The predicted octanol–water partition coefficient (Wildman–Crippen LogP) is 5.28. The fourth-order valence-corrected chi connectivity index (χ4v) is 7.72. The predicted molar refractivity (Wildman–Crippen MR) is 160 cm³/mol. The van der Waals surface area contributed by atoms with Crippen molar-refractivity contribution in [3.05, 3.63) is 106 Å². The summed E-state index contributed by atoms with van der Waals surface area (Å²) in [7, 11) is 1.59. The summed E-state index contributed by atoms with van der Waals surface area (Å²) in [5.41, 5.74) is 2.99. The first-order valence-electron chi connectivity index (χ1n) is 12.6. The molecule has 1 fully saturated rings. The van der Waals surface area contributed by atoms with E-state index >= 15 is 0 Å². The van der Waals surface area contributed by atoms with Gasteiger partial charge in [-0.15, -0.1) is 11.8 Å². The van der Waals surface area contributed by atoms with Gasteiger partial charge in [-0.2, -0.15) is 0 Å². The zero-order valence-corrected chi connectivity index (χ0v) is 24.9. The molecule has 2 amide bonds. The lowest BCUT2D eigenvalue weighted by Crippen LogP contribution is -2.70. The Hall–Kier alpha value is -3.21. The summed E-state index contributed by atoms with van der Waals surface area (Å²) in [5.74, 6) is 0.0991. The van der Waals surface area contributed by atoms with Crippen LogP contribution in [0.2, 0.25) is 0 Å². The van der Waals surface area contributed by atoms with Crippen LogP contribution in [-0.4, -0.2) is 47.0 Å². The number of benzene rings is 3. The van der Waals surface area contributed by atoms with Crippen LogP contribution in [0.1, 0.15) is 16.7 Å². The Bertz CT molecular complexity index is 1430. The molecule has 206 valence electrons. The molecule has 2 heterocycles. The van der Waals surface area contributed by atoms with Gasteiger partial charge in [0.05, 0.1) is 13.5 Å². The Labute approximate surface area is 249 Å². The molecule has 40 heavy (non-hydrogen) atoms. The first-order chi connectivity index (χ1) is 19.5. The van der Waals surface area contributed by atoms with Gasteiger partial charge < -0.3 is 14.8 Å². The van der Waals surface area contributed by atoms with E-state index in [1.165, 1.54) is 28.4 Å². The highest BCUT2D eigenvalue weighted by atomic mass is 79.9. The second kappa shape index (κ2) is 13.0. The molecule has 2 aliphatic rings. The van der Waals surface area contributed by atoms with Gasteiger partial charge in [-0.3, -0.25) is 14.5 Å². The van der Waals surface area contributed by atoms with Gasteiger partial charge in [0.2, 0.25) is 5.91 Å². The number of amides is 2. The number of alkyl halides is 1. The molecule has 0 unspecified atom stereocenters. The minimum absolute atomic E-state index is 0.0549. The Morgan fingerprint density at radius 3 is 2.48 bits per heavy atom. The number of ether oxygens (including phenoxy) is 2. The largest absolute Gasteiger partial charge is 0.497 e. The Morgan fingerprint density at radius 2 is 1.75 bits per heavy atom. The van der Waals surface area contributed by atoms with Gasteiger partial charge >= 0.3 is 5.97 Å². The Morgan fingerprint density at radius 1 is 1.02 bits per heavy atom. The van der Waals surface area contributed by atoms with Crippen LogP contribution in [0.3, 0.4) is 0 Å². The second-order valence-electron chi connectivity index (χ2n) is 9.16. The molecule has 0 spiro atoms. The van der Waals surface area contributed by atoms with Crippen LogP contribution >= 0.6 is 39.5 Å². The maximum atomic E-state index is 13.5. The normalized spacial score (nSPS) is 18.1. The van der Waals surface area contributed by atoms with Crippen LogP contribution in [-0.2, 0) is 37.5 Å². The van der Waals surface area contributed by atoms with E-state index < -0.39 is 12.0 Å². The summed E-state index contributed by atoms with van der Waals surface area (Å²) in [4.78, 5) is 42.9. The molecule has 1 N–H and O–H groups in total. The molecule has 0 bridgehead atoms. The number of β-lactam (4-membered cyclic amide) rings is 1. The number of carbonyl (C=O) groups excluding carboxylic acids is 3. The van der Waals surface area contributed by atoms with Crippen LogP contribution in [0.4, 0.5) is 0 Å². The molecule has 0 saturated carbocycles. The Kier molecular flexibility index (Phi) is 9.18. The smallest absolute Gasteiger partial charge is 0.356 e. The number of halogens is 1.